The number of hydrogen-bond acceptors (Lipinski definition) is 4. The van der Waals surface area contributed by atoms with Crippen molar-refractivity contribution in [1.29, 1.82) is 0 Å². The molecule has 2 heterocycles. The minimum absolute atomic E-state index is 0.103. The molecule has 4 aromatic rings. The zero-order chi connectivity index (χ0) is 21.6. The van der Waals surface area contributed by atoms with E-state index in [-0.39, 0.29) is 12.1 Å². The van der Waals surface area contributed by atoms with Gasteiger partial charge in [0.1, 0.15) is 35.7 Å². The van der Waals surface area contributed by atoms with Crippen LogP contribution in [0.15, 0.2) is 43.0 Å². The van der Waals surface area contributed by atoms with Crippen molar-refractivity contribution in [3.63, 3.8) is 0 Å². The number of aromatic nitrogens is 5. The van der Waals surface area contributed by atoms with Crippen molar-refractivity contribution in [2.45, 2.75) is 39.0 Å². The van der Waals surface area contributed by atoms with Crippen LogP contribution >= 0.6 is 0 Å². The summed E-state index contributed by atoms with van der Waals surface area (Å²) in [5.41, 5.74) is -0.117. The van der Waals surface area contributed by atoms with E-state index >= 15 is 0 Å². The van der Waals surface area contributed by atoms with E-state index < -0.39 is 29.1 Å². The topological polar surface area (TPSA) is 68.8 Å². The fourth-order valence-corrected chi connectivity index (χ4v) is 3.87. The second-order valence-corrected chi connectivity index (χ2v) is 7.47. The van der Waals surface area contributed by atoms with Crippen LogP contribution in [0.2, 0.25) is 0 Å². The second kappa shape index (κ2) is 7.24. The van der Waals surface area contributed by atoms with E-state index in [0.717, 1.165) is 12.1 Å². The Kier molecular flexibility index (Phi) is 4.85. The normalized spacial score (nSPS) is 14.8. The third kappa shape index (κ3) is 3.24. The zero-order valence-corrected chi connectivity index (χ0v) is 16.6. The van der Waals surface area contributed by atoms with Gasteiger partial charge < -0.3 is 5.11 Å². The van der Waals surface area contributed by atoms with Crippen molar-refractivity contribution >= 4 is 10.9 Å². The molecule has 0 aliphatic rings. The van der Waals surface area contributed by atoms with Crippen LogP contribution in [0.4, 0.5) is 13.2 Å². The first-order valence-electron chi connectivity index (χ1n) is 9.36. The largest absolute Gasteiger partial charge is 0.381 e. The lowest BCUT2D eigenvalue weighted by Gasteiger charge is -2.35. The molecule has 0 aliphatic heterocycles. The molecule has 156 valence electrons. The molecule has 0 fully saturated rings. The van der Waals surface area contributed by atoms with Gasteiger partial charge in [0.2, 0.25) is 0 Å². The van der Waals surface area contributed by atoms with Crippen molar-refractivity contribution in [2.24, 2.45) is 0 Å². The Morgan fingerprint density at radius 2 is 1.87 bits per heavy atom. The molecule has 2 atom stereocenters. The second-order valence-electron chi connectivity index (χ2n) is 7.47. The summed E-state index contributed by atoms with van der Waals surface area (Å²) in [6.45, 7) is 5.01. The number of rotatable bonds is 5. The van der Waals surface area contributed by atoms with Crippen LogP contribution in [0.3, 0.4) is 0 Å². The molecule has 0 saturated carbocycles. The minimum Gasteiger partial charge on any atom is -0.381 e. The monoisotopic (exact) mass is 415 g/mol. The van der Waals surface area contributed by atoms with Crippen molar-refractivity contribution < 1.29 is 18.3 Å². The summed E-state index contributed by atoms with van der Waals surface area (Å²) < 4.78 is 45.1. The minimum atomic E-state index is -1.86. The lowest BCUT2D eigenvalue weighted by atomic mass is 9.86. The van der Waals surface area contributed by atoms with Gasteiger partial charge in [-0.15, -0.1) is 0 Å². The average Bonchev–Trinajstić information content (AvgIpc) is 3.29. The summed E-state index contributed by atoms with van der Waals surface area (Å²) in [6, 6.07) is 4.97. The predicted molar refractivity (Wildman–Crippen MR) is 104 cm³/mol. The van der Waals surface area contributed by atoms with Crippen LogP contribution in [0.1, 0.15) is 29.8 Å². The van der Waals surface area contributed by atoms with Crippen LogP contribution in [0.25, 0.3) is 10.9 Å². The van der Waals surface area contributed by atoms with Crippen molar-refractivity contribution in [3.05, 3.63) is 77.3 Å². The molecule has 0 saturated heterocycles. The lowest BCUT2D eigenvalue weighted by Crippen LogP contribution is -2.41. The number of aryl methyl sites for hydroxylation is 2. The van der Waals surface area contributed by atoms with E-state index in [4.69, 9.17) is 0 Å². The van der Waals surface area contributed by atoms with E-state index in [1.807, 2.05) is 0 Å². The van der Waals surface area contributed by atoms with Gasteiger partial charge in [-0.25, -0.2) is 22.8 Å². The first kappa shape index (κ1) is 20.1. The van der Waals surface area contributed by atoms with E-state index in [9.17, 15) is 18.3 Å². The Labute approximate surface area is 170 Å². The molecule has 0 aliphatic carbocycles. The van der Waals surface area contributed by atoms with Crippen molar-refractivity contribution in [2.75, 3.05) is 0 Å². The quantitative estimate of drug-likeness (QED) is 0.538. The SMILES string of the molecule is Cc1cc(F)cc2c(C)n([C@H](C)[C@](O)(Cn3cncn3)c3ccc(F)cc3F)nc12. The van der Waals surface area contributed by atoms with Crippen molar-refractivity contribution in [3.8, 4) is 0 Å². The molecule has 4 rings (SSSR count). The first-order chi connectivity index (χ1) is 14.2. The van der Waals surface area contributed by atoms with Gasteiger partial charge in [0.15, 0.2) is 0 Å². The summed E-state index contributed by atoms with van der Waals surface area (Å²) in [4.78, 5) is 3.87. The Hall–Kier alpha value is -3.20. The van der Waals surface area contributed by atoms with Crippen LogP contribution in [-0.2, 0) is 12.1 Å². The third-order valence-electron chi connectivity index (χ3n) is 5.53. The molecule has 2 aromatic carbocycles. The highest BCUT2D eigenvalue weighted by Crippen LogP contribution is 2.38. The number of hydrogen-bond donors (Lipinski definition) is 1. The summed E-state index contributed by atoms with van der Waals surface area (Å²) >= 11 is 0. The van der Waals surface area contributed by atoms with E-state index in [0.29, 0.717) is 22.2 Å². The van der Waals surface area contributed by atoms with Gasteiger partial charge >= 0.3 is 0 Å². The van der Waals surface area contributed by atoms with Gasteiger partial charge in [0.05, 0.1) is 18.1 Å². The molecular formula is C21H20F3N5O. The summed E-state index contributed by atoms with van der Waals surface area (Å²) in [5.74, 6) is -2.03. The number of aliphatic hydroxyl groups is 1. The highest BCUT2D eigenvalue weighted by Gasteiger charge is 2.41. The maximum Gasteiger partial charge on any atom is 0.137 e. The number of fused-ring (bicyclic) bond motifs is 1. The fraction of sp³-hybridized carbons (Fsp3) is 0.286. The lowest BCUT2D eigenvalue weighted by molar-refractivity contribution is -0.0372. The van der Waals surface area contributed by atoms with E-state index in [1.165, 1.54) is 40.2 Å². The van der Waals surface area contributed by atoms with Crippen LogP contribution in [0.5, 0.6) is 0 Å². The highest BCUT2D eigenvalue weighted by atomic mass is 19.1. The molecule has 0 amide bonds. The fourth-order valence-electron chi connectivity index (χ4n) is 3.87. The summed E-state index contributed by atoms with van der Waals surface area (Å²) in [6.07, 6.45) is 2.69. The Balaban J connectivity index is 1.90. The summed E-state index contributed by atoms with van der Waals surface area (Å²) in [7, 11) is 0. The molecule has 0 spiro atoms. The molecule has 0 radical (unpaired) electrons. The smallest absolute Gasteiger partial charge is 0.137 e. The predicted octanol–water partition coefficient (Wildman–Crippen LogP) is 3.81. The van der Waals surface area contributed by atoms with Gasteiger partial charge in [-0.05, 0) is 44.5 Å². The molecule has 9 heteroatoms. The maximum atomic E-state index is 14.7. The van der Waals surface area contributed by atoms with E-state index in [1.54, 1.807) is 20.8 Å². The third-order valence-corrected chi connectivity index (χ3v) is 5.53. The molecule has 1 N–H and O–H groups in total. The molecule has 30 heavy (non-hydrogen) atoms. The Morgan fingerprint density at radius 1 is 1.10 bits per heavy atom. The molecule has 2 aromatic heterocycles. The molecule has 0 unspecified atom stereocenters. The number of benzene rings is 2. The average molecular weight is 415 g/mol. The number of nitrogens with zero attached hydrogens (tertiary/aromatic N) is 5. The van der Waals surface area contributed by atoms with Crippen LogP contribution < -0.4 is 0 Å². The Morgan fingerprint density at radius 3 is 2.53 bits per heavy atom. The van der Waals surface area contributed by atoms with Crippen LogP contribution in [0, 0.1) is 31.3 Å². The van der Waals surface area contributed by atoms with Gasteiger partial charge in [-0.1, -0.05) is 6.07 Å². The standard InChI is InChI=1S/C21H20F3N5O/c1-12-6-16(23)7-17-13(2)29(27-20(12)17)14(3)21(30,9-28-11-25-10-26-28)18-5-4-15(22)8-19(18)24/h4-8,10-11,14,30H,9H2,1-3H3/t14-,21-/m1/s1. The van der Waals surface area contributed by atoms with Gasteiger partial charge in [-0.2, -0.15) is 10.2 Å². The van der Waals surface area contributed by atoms with Gasteiger partial charge in [0, 0.05) is 22.7 Å². The van der Waals surface area contributed by atoms with E-state index in [2.05, 4.69) is 15.2 Å². The zero-order valence-electron chi connectivity index (χ0n) is 16.6. The van der Waals surface area contributed by atoms with Gasteiger partial charge in [0.25, 0.3) is 0 Å². The molecular weight excluding hydrogens is 395 g/mol. The summed E-state index contributed by atoms with van der Waals surface area (Å²) in [5, 5.41) is 20.9. The molecule has 0 bridgehead atoms. The van der Waals surface area contributed by atoms with Crippen LogP contribution in [-0.4, -0.2) is 29.7 Å². The molecule has 6 nitrogen and oxygen atoms in total. The van der Waals surface area contributed by atoms with Gasteiger partial charge in [-0.3, -0.25) is 4.68 Å². The van der Waals surface area contributed by atoms with Crippen molar-refractivity contribution in [1.82, 2.24) is 24.5 Å². The maximum absolute atomic E-state index is 14.7. The highest BCUT2D eigenvalue weighted by molar-refractivity contribution is 5.84. The first-order valence-corrected chi connectivity index (χ1v) is 9.36. The Bertz CT molecular complexity index is 1220. The number of halogens is 3.